The molecule has 2 aromatic rings. The van der Waals surface area contributed by atoms with Gasteiger partial charge in [-0.25, -0.2) is 0 Å². The lowest BCUT2D eigenvalue weighted by Gasteiger charge is -2.05. The van der Waals surface area contributed by atoms with Crippen LogP contribution in [0.5, 0.6) is 0 Å². The first-order chi connectivity index (χ1) is 7.77. The Bertz CT molecular complexity index is 517. The average Bonchev–Trinajstić information content (AvgIpc) is 2.32. The molecule has 0 bridgehead atoms. The van der Waals surface area contributed by atoms with Crippen LogP contribution in [-0.2, 0) is 13.0 Å². The molecule has 2 aromatic heterocycles. The van der Waals surface area contributed by atoms with Gasteiger partial charge < -0.3 is 4.57 Å². The SMILES string of the molecule is Cc1cccn(CCc2cccnc2)c1=O. The van der Waals surface area contributed by atoms with Gasteiger partial charge in [0.25, 0.3) is 5.56 Å². The van der Waals surface area contributed by atoms with Crippen molar-refractivity contribution in [3.63, 3.8) is 0 Å². The summed E-state index contributed by atoms with van der Waals surface area (Å²) >= 11 is 0. The predicted molar refractivity (Wildman–Crippen MR) is 63.4 cm³/mol. The summed E-state index contributed by atoms with van der Waals surface area (Å²) in [6.07, 6.45) is 6.24. The van der Waals surface area contributed by atoms with Gasteiger partial charge in [-0.2, -0.15) is 0 Å². The van der Waals surface area contributed by atoms with E-state index in [1.807, 2.05) is 43.6 Å². The molecule has 0 fully saturated rings. The van der Waals surface area contributed by atoms with Gasteiger partial charge in [0, 0.05) is 30.7 Å². The maximum Gasteiger partial charge on any atom is 0.253 e. The van der Waals surface area contributed by atoms with E-state index in [-0.39, 0.29) is 5.56 Å². The Kier molecular flexibility index (Phi) is 3.15. The van der Waals surface area contributed by atoms with E-state index in [1.54, 1.807) is 10.8 Å². The van der Waals surface area contributed by atoms with Crippen LogP contribution in [0.15, 0.2) is 47.7 Å². The molecule has 0 N–H and O–H groups in total. The van der Waals surface area contributed by atoms with Gasteiger partial charge in [-0.1, -0.05) is 12.1 Å². The van der Waals surface area contributed by atoms with Crippen LogP contribution in [0.2, 0.25) is 0 Å². The highest BCUT2D eigenvalue weighted by molar-refractivity contribution is 5.10. The monoisotopic (exact) mass is 214 g/mol. The average molecular weight is 214 g/mol. The molecule has 0 amide bonds. The molecule has 0 spiro atoms. The summed E-state index contributed by atoms with van der Waals surface area (Å²) in [5, 5.41) is 0. The third kappa shape index (κ3) is 2.37. The first-order valence-electron chi connectivity index (χ1n) is 5.32. The van der Waals surface area contributed by atoms with Gasteiger partial charge in [0.2, 0.25) is 0 Å². The molecule has 0 saturated carbocycles. The van der Waals surface area contributed by atoms with Crippen LogP contribution in [0.3, 0.4) is 0 Å². The number of hydrogen-bond donors (Lipinski definition) is 0. The number of nitrogens with zero attached hydrogens (tertiary/aromatic N) is 2. The van der Waals surface area contributed by atoms with Crippen LogP contribution < -0.4 is 5.56 Å². The van der Waals surface area contributed by atoms with E-state index in [0.717, 1.165) is 17.5 Å². The Balaban J connectivity index is 2.11. The normalized spacial score (nSPS) is 10.3. The van der Waals surface area contributed by atoms with Crippen molar-refractivity contribution in [1.82, 2.24) is 9.55 Å². The number of aryl methyl sites for hydroxylation is 3. The van der Waals surface area contributed by atoms with Crippen molar-refractivity contribution in [2.24, 2.45) is 0 Å². The smallest absolute Gasteiger partial charge is 0.253 e. The molecule has 3 heteroatoms. The Hall–Kier alpha value is -1.90. The fourth-order valence-electron chi connectivity index (χ4n) is 1.63. The molecule has 0 aliphatic heterocycles. The lowest BCUT2D eigenvalue weighted by Crippen LogP contribution is -2.22. The molecule has 2 rings (SSSR count). The topological polar surface area (TPSA) is 34.9 Å². The van der Waals surface area contributed by atoms with Gasteiger partial charge in [0.05, 0.1) is 0 Å². The third-order valence-electron chi connectivity index (χ3n) is 2.57. The molecule has 0 aromatic carbocycles. The second-order valence-corrected chi connectivity index (χ2v) is 3.80. The van der Waals surface area contributed by atoms with Gasteiger partial charge in [0.1, 0.15) is 0 Å². The highest BCUT2D eigenvalue weighted by Crippen LogP contribution is 1.99. The van der Waals surface area contributed by atoms with Crippen LogP contribution in [-0.4, -0.2) is 9.55 Å². The number of aromatic nitrogens is 2. The molecule has 0 aliphatic carbocycles. The zero-order valence-corrected chi connectivity index (χ0v) is 9.26. The van der Waals surface area contributed by atoms with E-state index in [0.29, 0.717) is 6.54 Å². The van der Waals surface area contributed by atoms with Crippen molar-refractivity contribution < 1.29 is 0 Å². The molecule has 0 aliphatic rings. The molecular weight excluding hydrogens is 200 g/mol. The second kappa shape index (κ2) is 4.75. The molecule has 0 atom stereocenters. The van der Waals surface area contributed by atoms with E-state index in [1.165, 1.54) is 0 Å². The molecule has 82 valence electrons. The number of hydrogen-bond acceptors (Lipinski definition) is 2. The van der Waals surface area contributed by atoms with Crippen molar-refractivity contribution in [3.05, 3.63) is 64.3 Å². The van der Waals surface area contributed by atoms with Gasteiger partial charge >= 0.3 is 0 Å². The van der Waals surface area contributed by atoms with Gasteiger partial charge in [-0.05, 0) is 31.0 Å². The van der Waals surface area contributed by atoms with E-state index in [9.17, 15) is 4.79 Å². The van der Waals surface area contributed by atoms with Crippen LogP contribution >= 0.6 is 0 Å². The van der Waals surface area contributed by atoms with Crippen molar-refractivity contribution in [2.75, 3.05) is 0 Å². The van der Waals surface area contributed by atoms with E-state index >= 15 is 0 Å². The van der Waals surface area contributed by atoms with Gasteiger partial charge in [0.15, 0.2) is 0 Å². The third-order valence-corrected chi connectivity index (χ3v) is 2.57. The molecule has 16 heavy (non-hydrogen) atoms. The van der Waals surface area contributed by atoms with Crippen LogP contribution in [0.1, 0.15) is 11.1 Å². The van der Waals surface area contributed by atoms with Crippen LogP contribution in [0, 0.1) is 6.92 Å². The lowest BCUT2D eigenvalue weighted by atomic mass is 10.2. The lowest BCUT2D eigenvalue weighted by molar-refractivity contribution is 0.664. The van der Waals surface area contributed by atoms with E-state index in [4.69, 9.17) is 0 Å². The summed E-state index contributed by atoms with van der Waals surface area (Å²) in [4.78, 5) is 15.8. The van der Waals surface area contributed by atoms with Crippen molar-refractivity contribution in [1.29, 1.82) is 0 Å². The predicted octanol–water partition coefficient (Wildman–Crippen LogP) is 1.79. The maximum absolute atomic E-state index is 11.7. The summed E-state index contributed by atoms with van der Waals surface area (Å²) < 4.78 is 1.74. The standard InChI is InChI=1S/C13H14N2O/c1-11-4-3-8-15(13(11)16)9-6-12-5-2-7-14-10-12/h2-5,7-8,10H,6,9H2,1H3. The first kappa shape index (κ1) is 10.6. The Morgan fingerprint density at radius 1 is 1.31 bits per heavy atom. The molecule has 0 saturated heterocycles. The first-order valence-corrected chi connectivity index (χ1v) is 5.32. The van der Waals surface area contributed by atoms with E-state index in [2.05, 4.69) is 4.98 Å². The summed E-state index contributed by atoms with van der Waals surface area (Å²) in [6.45, 7) is 2.54. The maximum atomic E-state index is 11.7. The van der Waals surface area contributed by atoms with Crippen LogP contribution in [0.25, 0.3) is 0 Å². The Labute approximate surface area is 94.4 Å². The molecule has 0 unspecified atom stereocenters. The quantitative estimate of drug-likeness (QED) is 0.780. The minimum Gasteiger partial charge on any atom is -0.315 e. The molecule has 2 heterocycles. The zero-order chi connectivity index (χ0) is 11.4. The molecular formula is C13H14N2O. The zero-order valence-electron chi connectivity index (χ0n) is 9.26. The summed E-state index contributed by atoms with van der Waals surface area (Å²) in [6, 6.07) is 7.67. The molecule has 3 nitrogen and oxygen atoms in total. The van der Waals surface area contributed by atoms with Gasteiger partial charge in [-0.15, -0.1) is 0 Å². The summed E-state index contributed by atoms with van der Waals surface area (Å²) in [5.74, 6) is 0. The van der Waals surface area contributed by atoms with Crippen molar-refractivity contribution >= 4 is 0 Å². The Morgan fingerprint density at radius 3 is 2.94 bits per heavy atom. The van der Waals surface area contributed by atoms with E-state index < -0.39 is 0 Å². The summed E-state index contributed by atoms with van der Waals surface area (Å²) in [5.41, 5.74) is 2.02. The highest BCUT2D eigenvalue weighted by atomic mass is 16.1. The minimum absolute atomic E-state index is 0.0893. The van der Waals surface area contributed by atoms with Gasteiger partial charge in [-0.3, -0.25) is 9.78 Å². The Morgan fingerprint density at radius 2 is 2.19 bits per heavy atom. The fraction of sp³-hybridized carbons (Fsp3) is 0.231. The minimum atomic E-state index is 0.0893. The van der Waals surface area contributed by atoms with Crippen molar-refractivity contribution in [2.45, 2.75) is 19.9 Å². The fourth-order valence-corrected chi connectivity index (χ4v) is 1.63. The summed E-state index contributed by atoms with van der Waals surface area (Å²) in [7, 11) is 0. The molecule has 0 radical (unpaired) electrons. The number of pyridine rings is 2. The highest BCUT2D eigenvalue weighted by Gasteiger charge is 1.99. The van der Waals surface area contributed by atoms with Crippen molar-refractivity contribution in [3.8, 4) is 0 Å². The van der Waals surface area contributed by atoms with Crippen LogP contribution in [0.4, 0.5) is 0 Å². The largest absolute Gasteiger partial charge is 0.315 e. The second-order valence-electron chi connectivity index (χ2n) is 3.80. The number of rotatable bonds is 3.